The molecule has 0 saturated carbocycles. The highest BCUT2D eigenvalue weighted by molar-refractivity contribution is 14.0. The van der Waals surface area contributed by atoms with E-state index in [9.17, 15) is 4.79 Å². The maximum atomic E-state index is 12.2. The topological polar surface area (TPSA) is 78.0 Å². The van der Waals surface area contributed by atoms with Gasteiger partial charge in [-0.2, -0.15) is 0 Å². The SMILES string of the molecule is CCN(CC)CCCCNC(=NC)NCC(CC)(CC)NC(=O)OC(C)(C)C.I. The molecule has 3 N–H and O–H groups in total. The number of halogens is 1. The minimum Gasteiger partial charge on any atom is -0.444 e. The highest BCUT2D eigenvalue weighted by atomic mass is 127. The van der Waals surface area contributed by atoms with Crippen LogP contribution < -0.4 is 16.0 Å². The average molecular weight is 528 g/mol. The van der Waals surface area contributed by atoms with Crippen LogP contribution in [0.5, 0.6) is 0 Å². The van der Waals surface area contributed by atoms with Crippen LogP contribution in [0.3, 0.4) is 0 Å². The van der Waals surface area contributed by atoms with Gasteiger partial charge in [0.15, 0.2) is 5.96 Å². The molecule has 0 bridgehead atoms. The fourth-order valence-corrected chi connectivity index (χ4v) is 2.92. The quantitative estimate of drug-likeness (QED) is 0.155. The highest BCUT2D eigenvalue weighted by Crippen LogP contribution is 2.16. The normalized spacial score (nSPS) is 12.4. The molecule has 0 heterocycles. The molecular formula is C21H46IN5O2. The largest absolute Gasteiger partial charge is 0.444 e. The number of unbranched alkanes of at least 4 members (excludes halogenated alkanes) is 1. The van der Waals surface area contributed by atoms with Crippen molar-refractivity contribution in [2.24, 2.45) is 4.99 Å². The maximum absolute atomic E-state index is 12.2. The van der Waals surface area contributed by atoms with Crippen molar-refractivity contribution in [3.8, 4) is 0 Å². The zero-order valence-corrected chi connectivity index (χ0v) is 22.3. The Morgan fingerprint density at radius 1 is 1.00 bits per heavy atom. The lowest BCUT2D eigenvalue weighted by molar-refractivity contribution is 0.0448. The second-order valence-electron chi connectivity index (χ2n) is 8.20. The van der Waals surface area contributed by atoms with Crippen molar-refractivity contribution in [2.75, 3.05) is 39.8 Å². The van der Waals surface area contributed by atoms with Crippen LogP contribution in [0.1, 0.15) is 74.1 Å². The predicted molar refractivity (Wildman–Crippen MR) is 134 cm³/mol. The van der Waals surface area contributed by atoms with Crippen LogP contribution in [0.2, 0.25) is 0 Å². The zero-order valence-electron chi connectivity index (χ0n) is 20.0. The van der Waals surface area contributed by atoms with E-state index in [1.807, 2.05) is 20.8 Å². The summed E-state index contributed by atoms with van der Waals surface area (Å²) in [5.74, 6) is 0.764. The Bertz CT molecular complexity index is 458. The number of nitrogens with zero attached hydrogens (tertiary/aromatic N) is 2. The van der Waals surface area contributed by atoms with Gasteiger partial charge in [0.1, 0.15) is 5.60 Å². The van der Waals surface area contributed by atoms with E-state index in [0.717, 1.165) is 51.4 Å². The summed E-state index contributed by atoms with van der Waals surface area (Å²) >= 11 is 0. The summed E-state index contributed by atoms with van der Waals surface area (Å²) in [6.45, 7) is 19.0. The molecule has 1 amide bonds. The van der Waals surface area contributed by atoms with Gasteiger partial charge in [-0.3, -0.25) is 4.99 Å². The van der Waals surface area contributed by atoms with E-state index in [0.29, 0.717) is 6.54 Å². The Morgan fingerprint density at radius 2 is 1.59 bits per heavy atom. The molecule has 0 aromatic carbocycles. The summed E-state index contributed by atoms with van der Waals surface area (Å²) in [6, 6.07) is 0. The molecule has 8 heteroatoms. The van der Waals surface area contributed by atoms with Gasteiger partial charge >= 0.3 is 6.09 Å². The van der Waals surface area contributed by atoms with Crippen molar-refractivity contribution in [1.82, 2.24) is 20.9 Å². The molecule has 0 aliphatic rings. The van der Waals surface area contributed by atoms with Crippen LogP contribution in [0.4, 0.5) is 4.79 Å². The van der Waals surface area contributed by atoms with Crippen LogP contribution in [0.15, 0.2) is 4.99 Å². The first-order valence-corrected chi connectivity index (χ1v) is 10.8. The second kappa shape index (κ2) is 16.0. The van der Waals surface area contributed by atoms with Crippen LogP contribution in [-0.4, -0.2) is 67.9 Å². The molecule has 0 rings (SSSR count). The molecule has 0 radical (unpaired) electrons. The molecule has 0 spiro atoms. The molecular weight excluding hydrogens is 481 g/mol. The van der Waals surface area contributed by atoms with Gasteiger partial charge in [0.2, 0.25) is 0 Å². The lowest BCUT2D eigenvalue weighted by Gasteiger charge is -2.34. The van der Waals surface area contributed by atoms with Gasteiger partial charge in [0.25, 0.3) is 0 Å². The first kappa shape index (κ1) is 30.4. The predicted octanol–water partition coefficient (Wildman–Crippen LogP) is 3.97. The van der Waals surface area contributed by atoms with E-state index in [1.165, 1.54) is 6.42 Å². The smallest absolute Gasteiger partial charge is 0.408 e. The molecule has 174 valence electrons. The molecule has 0 unspecified atom stereocenters. The Morgan fingerprint density at radius 3 is 2.03 bits per heavy atom. The van der Waals surface area contributed by atoms with E-state index in [1.54, 1.807) is 7.05 Å². The molecule has 0 aromatic rings. The molecule has 29 heavy (non-hydrogen) atoms. The fraction of sp³-hybridized carbons (Fsp3) is 0.905. The van der Waals surface area contributed by atoms with E-state index >= 15 is 0 Å². The van der Waals surface area contributed by atoms with E-state index < -0.39 is 5.60 Å². The van der Waals surface area contributed by atoms with Gasteiger partial charge in [0.05, 0.1) is 5.54 Å². The monoisotopic (exact) mass is 527 g/mol. The van der Waals surface area contributed by atoms with Crippen LogP contribution in [-0.2, 0) is 4.74 Å². The minimum atomic E-state index is -0.506. The van der Waals surface area contributed by atoms with Crippen LogP contribution in [0, 0.1) is 0 Å². The van der Waals surface area contributed by atoms with Crippen molar-refractivity contribution in [2.45, 2.75) is 85.3 Å². The highest BCUT2D eigenvalue weighted by Gasteiger charge is 2.30. The third kappa shape index (κ3) is 14.0. The number of alkyl carbamates (subject to hydrolysis) is 1. The first-order valence-electron chi connectivity index (χ1n) is 10.8. The Labute approximate surface area is 196 Å². The van der Waals surface area contributed by atoms with E-state index in [2.05, 4.69) is 53.5 Å². The number of carbonyl (C=O) groups is 1. The number of guanidine groups is 1. The summed E-state index contributed by atoms with van der Waals surface area (Å²) in [7, 11) is 1.77. The average Bonchev–Trinajstić information content (AvgIpc) is 2.64. The van der Waals surface area contributed by atoms with Crippen molar-refractivity contribution in [3.05, 3.63) is 0 Å². The summed E-state index contributed by atoms with van der Waals surface area (Å²) in [4.78, 5) is 19.0. The summed E-state index contributed by atoms with van der Waals surface area (Å²) in [5, 5.41) is 9.78. The van der Waals surface area contributed by atoms with Gasteiger partial charge in [-0.25, -0.2) is 4.79 Å². The lowest BCUT2D eigenvalue weighted by atomic mass is 9.93. The third-order valence-electron chi connectivity index (χ3n) is 5.03. The minimum absolute atomic E-state index is 0. The number of hydrogen-bond acceptors (Lipinski definition) is 4. The number of amides is 1. The fourth-order valence-electron chi connectivity index (χ4n) is 2.92. The number of rotatable bonds is 12. The maximum Gasteiger partial charge on any atom is 0.408 e. The number of aliphatic imine (C=N–C) groups is 1. The number of nitrogens with one attached hydrogen (secondary N) is 3. The molecule has 0 aliphatic carbocycles. The Kier molecular flexibility index (Phi) is 16.8. The van der Waals surface area contributed by atoms with Gasteiger partial charge in [-0.05, 0) is 66.1 Å². The molecule has 7 nitrogen and oxygen atoms in total. The van der Waals surface area contributed by atoms with Crippen molar-refractivity contribution < 1.29 is 9.53 Å². The van der Waals surface area contributed by atoms with Gasteiger partial charge in [-0.15, -0.1) is 24.0 Å². The van der Waals surface area contributed by atoms with Crippen LogP contribution in [0.25, 0.3) is 0 Å². The number of hydrogen-bond donors (Lipinski definition) is 3. The van der Waals surface area contributed by atoms with Gasteiger partial charge in [-0.1, -0.05) is 27.7 Å². The zero-order chi connectivity index (χ0) is 21.6. The molecule has 0 fully saturated rings. The third-order valence-corrected chi connectivity index (χ3v) is 5.03. The van der Waals surface area contributed by atoms with Crippen molar-refractivity contribution in [1.29, 1.82) is 0 Å². The molecule has 0 aromatic heterocycles. The Balaban J connectivity index is 0. The summed E-state index contributed by atoms with van der Waals surface area (Å²) in [6.07, 6.45) is 3.49. The molecule has 0 aliphatic heterocycles. The van der Waals surface area contributed by atoms with E-state index in [-0.39, 0.29) is 35.6 Å². The Hall–Kier alpha value is -0.770. The van der Waals surface area contributed by atoms with Crippen LogP contribution >= 0.6 is 24.0 Å². The second-order valence-corrected chi connectivity index (χ2v) is 8.20. The van der Waals surface area contributed by atoms with Crippen molar-refractivity contribution in [3.63, 3.8) is 0 Å². The molecule has 0 atom stereocenters. The van der Waals surface area contributed by atoms with Gasteiger partial charge < -0.3 is 25.6 Å². The van der Waals surface area contributed by atoms with E-state index in [4.69, 9.17) is 4.74 Å². The number of ether oxygens (including phenoxy) is 1. The summed E-state index contributed by atoms with van der Waals surface area (Å²) in [5.41, 5.74) is -0.879. The first-order chi connectivity index (χ1) is 13.1. The number of carbonyl (C=O) groups excluding carboxylic acids is 1. The standard InChI is InChI=1S/C21H45N5O2.HI/c1-9-21(10-2,25-19(27)28-20(5,6)7)17-24-18(22-8)23-15-13-14-16-26(11-3)12-4;/h9-17H2,1-8H3,(H,25,27)(H2,22,23,24);1H. The molecule has 0 saturated heterocycles. The van der Waals surface area contributed by atoms with Gasteiger partial charge in [0, 0.05) is 20.1 Å². The summed E-state index contributed by atoms with van der Waals surface area (Å²) < 4.78 is 5.43. The van der Waals surface area contributed by atoms with Crippen molar-refractivity contribution >= 4 is 36.0 Å². The lowest BCUT2D eigenvalue weighted by Crippen LogP contribution is -2.57.